The highest BCUT2D eigenvalue weighted by molar-refractivity contribution is 5.93. The third-order valence-corrected chi connectivity index (χ3v) is 14.0. The summed E-state index contributed by atoms with van der Waals surface area (Å²) in [6.07, 6.45) is 15.6. The van der Waals surface area contributed by atoms with Gasteiger partial charge >= 0.3 is 5.97 Å². The minimum Gasteiger partial charge on any atom is -0.496 e. The Bertz CT molecular complexity index is 2010. The van der Waals surface area contributed by atoms with Crippen molar-refractivity contribution in [2.45, 2.75) is 75.9 Å². The minimum absolute atomic E-state index is 0.0483. The number of carbonyl (C=O) groups excluding carboxylic acids is 1. The first-order chi connectivity index (χ1) is 23.4. The van der Waals surface area contributed by atoms with E-state index in [1.165, 1.54) is 34.8 Å². The van der Waals surface area contributed by atoms with Crippen LogP contribution in [0.3, 0.4) is 0 Å². The predicted octanol–water partition coefficient (Wildman–Crippen LogP) is 7.04. The van der Waals surface area contributed by atoms with Crippen molar-refractivity contribution in [2.24, 2.45) is 10.8 Å². The smallest absolute Gasteiger partial charge is 0.335 e. The van der Waals surface area contributed by atoms with Gasteiger partial charge in [-0.05, 0) is 61.8 Å². The van der Waals surface area contributed by atoms with Gasteiger partial charge in [0.15, 0.2) is 0 Å². The highest BCUT2D eigenvalue weighted by Crippen LogP contribution is 2.66. The van der Waals surface area contributed by atoms with E-state index in [0.29, 0.717) is 12.5 Å². The SMILES string of the molecule is CC[C@]12C=CCN3CCc4c(n(c5ccccc45)[C@@H](c4cc5c(cc4OC)NC4=C(C(=O)OC)C[C@]6(CC)C=CCN7CC[C@@]45[C@@H]76)C1)[C@@H]32. The zero-order valence-corrected chi connectivity index (χ0v) is 28.6. The van der Waals surface area contributed by atoms with Crippen molar-refractivity contribution in [3.05, 3.63) is 94.4 Å². The molecule has 1 spiro atoms. The molecule has 0 saturated carbocycles. The van der Waals surface area contributed by atoms with E-state index in [-0.39, 0.29) is 34.3 Å². The van der Waals surface area contributed by atoms with Gasteiger partial charge in [0.05, 0.1) is 37.3 Å². The number of benzene rings is 2. The lowest BCUT2D eigenvalue weighted by molar-refractivity contribution is -0.137. The number of fused-ring (bicyclic) bond motifs is 4. The molecule has 1 aromatic heterocycles. The summed E-state index contributed by atoms with van der Waals surface area (Å²) in [4.78, 5) is 19.0. The molecule has 6 atom stereocenters. The summed E-state index contributed by atoms with van der Waals surface area (Å²) in [5.41, 5.74) is 9.56. The molecule has 0 unspecified atom stereocenters. The lowest BCUT2D eigenvalue weighted by Crippen LogP contribution is -2.58. The van der Waals surface area contributed by atoms with Gasteiger partial charge in [0.1, 0.15) is 5.75 Å². The topological polar surface area (TPSA) is 59.0 Å². The van der Waals surface area contributed by atoms with E-state index < -0.39 is 0 Å². The highest BCUT2D eigenvalue weighted by Gasteiger charge is 2.66. The maximum absolute atomic E-state index is 13.6. The van der Waals surface area contributed by atoms with Crippen LogP contribution < -0.4 is 10.1 Å². The van der Waals surface area contributed by atoms with Crippen LogP contribution in [-0.4, -0.2) is 66.8 Å². The molecule has 0 amide bonds. The van der Waals surface area contributed by atoms with Crippen molar-refractivity contribution in [1.29, 1.82) is 0 Å². The Morgan fingerprint density at radius 1 is 1.00 bits per heavy atom. The first-order valence-corrected chi connectivity index (χ1v) is 18.2. The van der Waals surface area contributed by atoms with Crippen LogP contribution in [-0.2, 0) is 21.4 Å². The molecule has 7 nitrogen and oxygen atoms in total. The lowest BCUT2D eigenvalue weighted by atomic mass is 9.55. The number of aromatic nitrogens is 1. The fourth-order valence-corrected chi connectivity index (χ4v) is 12.0. The number of nitrogens with zero attached hydrogens (tertiary/aromatic N) is 3. The molecule has 248 valence electrons. The normalized spacial score (nSPS) is 34.0. The number of rotatable bonds is 5. The summed E-state index contributed by atoms with van der Waals surface area (Å²) in [7, 11) is 3.35. The monoisotopic (exact) mass is 642 g/mol. The average molecular weight is 643 g/mol. The van der Waals surface area contributed by atoms with Gasteiger partial charge in [-0.1, -0.05) is 56.4 Å². The number of carbonyl (C=O) groups is 1. The van der Waals surface area contributed by atoms with Crippen molar-refractivity contribution in [3.63, 3.8) is 0 Å². The average Bonchev–Trinajstić information content (AvgIpc) is 3.80. The van der Waals surface area contributed by atoms with E-state index in [9.17, 15) is 4.79 Å². The lowest BCUT2D eigenvalue weighted by Gasteiger charge is -2.55. The van der Waals surface area contributed by atoms with Crippen molar-refractivity contribution in [1.82, 2.24) is 14.4 Å². The molecule has 48 heavy (non-hydrogen) atoms. The van der Waals surface area contributed by atoms with Gasteiger partial charge in [-0.2, -0.15) is 0 Å². The first kappa shape index (κ1) is 29.1. The Labute approximate surface area is 283 Å². The van der Waals surface area contributed by atoms with E-state index >= 15 is 0 Å². The molecular formula is C41H46N4O3. The van der Waals surface area contributed by atoms with Crippen LogP contribution in [0.4, 0.5) is 5.69 Å². The number of nitrogens with one attached hydrogen (secondary N) is 1. The molecule has 7 heteroatoms. The number of hydrogen-bond acceptors (Lipinski definition) is 6. The van der Waals surface area contributed by atoms with Gasteiger partial charge in [0.2, 0.25) is 0 Å². The van der Waals surface area contributed by atoms with Gasteiger partial charge in [0, 0.05) is 82.7 Å². The Morgan fingerprint density at radius 3 is 2.58 bits per heavy atom. The Hall–Kier alpha value is -3.81. The molecule has 1 saturated heterocycles. The van der Waals surface area contributed by atoms with E-state index in [1.54, 1.807) is 5.56 Å². The standard InChI is InChI=1S/C41H46N4O3/c1-5-39-14-9-17-43-19-13-26-25-11-7-8-12-31(25)45(34(26)36(39)43)32(24-39)27-21-29-30(22-33(27)47-3)42-35-28(37(46)48-4)23-40(6-2)15-10-18-44-20-16-41(29,35)38(40)44/h7-12,14-15,21-22,32,36,38,42H,5-6,13,16-20,23-24H2,1-4H3/t32-,36-,38+,39+,40+,41+/m1/s1. The molecule has 2 aromatic carbocycles. The summed E-state index contributed by atoms with van der Waals surface area (Å²) >= 11 is 0. The number of ether oxygens (including phenoxy) is 2. The maximum Gasteiger partial charge on any atom is 0.335 e. The summed E-state index contributed by atoms with van der Waals surface area (Å²) in [5.74, 6) is 0.716. The molecule has 0 radical (unpaired) electrons. The summed E-state index contributed by atoms with van der Waals surface area (Å²) in [6.45, 7) is 8.80. The van der Waals surface area contributed by atoms with Crippen LogP contribution in [0, 0.1) is 10.8 Å². The fourth-order valence-electron chi connectivity index (χ4n) is 12.0. The third-order valence-electron chi connectivity index (χ3n) is 14.0. The number of hydrogen-bond donors (Lipinski definition) is 1. The molecule has 10 rings (SSSR count). The second kappa shape index (κ2) is 9.88. The molecule has 3 aromatic rings. The number of para-hydroxylation sites is 1. The zero-order chi connectivity index (χ0) is 32.6. The largest absolute Gasteiger partial charge is 0.496 e. The van der Waals surface area contributed by atoms with Crippen LogP contribution in [0.2, 0.25) is 0 Å². The Kier molecular flexibility index (Phi) is 6.00. The molecule has 1 fully saturated rings. The number of esters is 1. The van der Waals surface area contributed by atoms with Crippen LogP contribution in [0.1, 0.15) is 80.4 Å². The molecular weight excluding hydrogens is 596 g/mol. The maximum atomic E-state index is 13.6. The van der Waals surface area contributed by atoms with Crippen LogP contribution in [0.25, 0.3) is 10.9 Å². The molecule has 7 aliphatic rings. The molecule has 6 aliphatic heterocycles. The van der Waals surface area contributed by atoms with Gasteiger partial charge < -0.3 is 19.4 Å². The second-order valence-electron chi connectivity index (χ2n) is 15.5. The number of methoxy groups -OCH3 is 2. The van der Waals surface area contributed by atoms with Crippen molar-refractivity contribution >= 4 is 22.6 Å². The molecule has 1 aliphatic carbocycles. The molecule has 1 N–H and O–H groups in total. The highest BCUT2D eigenvalue weighted by atomic mass is 16.5. The van der Waals surface area contributed by atoms with Crippen molar-refractivity contribution in [2.75, 3.05) is 45.7 Å². The Morgan fingerprint density at radius 2 is 1.79 bits per heavy atom. The number of anilines is 1. The third kappa shape index (κ3) is 3.35. The van der Waals surface area contributed by atoms with Gasteiger partial charge in [-0.15, -0.1) is 0 Å². The summed E-state index contributed by atoms with van der Waals surface area (Å²) < 4.78 is 14.6. The van der Waals surface area contributed by atoms with Crippen molar-refractivity contribution in [3.8, 4) is 5.75 Å². The zero-order valence-electron chi connectivity index (χ0n) is 28.6. The van der Waals surface area contributed by atoms with Crippen LogP contribution in [0.15, 0.2) is 72.0 Å². The van der Waals surface area contributed by atoms with E-state index in [2.05, 4.69) is 94.2 Å². The summed E-state index contributed by atoms with van der Waals surface area (Å²) in [5, 5.41) is 5.26. The predicted molar refractivity (Wildman–Crippen MR) is 188 cm³/mol. The fraction of sp³-hybridized carbons (Fsp3) is 0.488. The van der Waals surface area contributed by atoms with Crippen LogP contribution >= 0.6 is 0 Å². The van der Waals surface area contributed by atoms with E-state index in [0.717, 1.165) is 81.0 Å². The van der Waals surface area contributed by atoms with Gasteiger partial charge in [0.25, 0.3) is 0 Å². The van der Waals surface area contributed by atoms with Gasteiger partial charge in [-0.25, -0.2) is 4.79 Å². The van der Waals surface area contributed by atoms with Crippen LogP contribution in [0.5, 0.6) is 5.75 Å². The second-order valence-corrected chi connectivity index (χ2v) is 15.5. The van der Waals surface area contributed by atoms with Gasteiger partial charge in [-0.3, -0.25) is 9.80 Å². The summed E-state index contributed by atoms with van der Waals surface area (Å²) in [6, 6.07) is 14.7. The minimum atomic E-state index is -0.307. The van der Waals surface area contributed by atoms with Crippen molar-refractivity contribution < 1.29 is 14.3 Å². The van der Waals surface area contributed by atoms with E-state index in [4.69, 9.17) is 9.47 Å². The first-order valence-electron chi connectivity index (χ1n) is 18.2. The molecule has 0 bridgehead atoms. The molecule has 7 heterocycles. The quantitative estimate of drug-likeness (QED) is 0.238. The van der Waals surface area contributed by atoms with E-state index in [1.807, 2.05) is 7.11 Å². The Balaban J connectivity index is 1.24.